The van der Waals surface area contributed by atoms with E-state index in [-0.39, 0.29) is 31.5 Å². The molecular weight excluding hydrogens is 832 g/mol. The highest BCUT2D eigenvalue weighted by Crippen LogP contribution is 2.43. The van der Waals surface area contributed by atoms with Crippen LogP contribution in [0.25, 0.3) is 0 Å². The molecule has 1 amide bonds. The number of hydrogen-bond acceptors (Lipinski definition) is 6. The highest BCUT2D eigenvalue weighted by molar-refractivity contribution is 7.47. The number of phosphoric ester groups is 1. The largest absolute Gasteiger partial charge is 0.472 e. The second-order valence-electron chi connectivity index (χ2n) is 20.1. The van der Waals surface area contributed by atoms with Crippen LogP contribution in [-0.4, -0.2) is 74.3 Å². The van der Waals surface area contributed by atoms with Gasteiger partial charge in [0.05, 0.1) is 33.8 Å². The van der Waals surface area contributed by atoms with Crippen molar-refractivity contribution < 1.29 is 37.3 Å². The quantitative estimate of drug-likeness (QED) is 0.0205. The van der Waals surface area contributed by atoms with Gasteiger partial charge in [-0.3, -0.25) is 18.6 Å². The molecule has 0 fully saturated rings. The number of nitrogens with one attached hydrogen (secondary N) is 1. The summed E-state index contributed by atoms with van der Waals surface area (Å²) in [7, 11) is 1.50. The zero-order valence-electron chi connectivity index (χ0n) is 43.7. The Morgan fingerprint density at radius 1 is 0.523 bits per heavy atom. The summed E-state index contributed by atoms with van der Waals surface area (Å²) in [6, 6.07) is -0.846. The average Bonchev–Trinajstić information content (AvgIpc) is 3.26. The van der Waals surface area contributed by atoms with Gasteiger partial charge in [-0.1, -0.05) is 219 Å². The predicted octanol–water partition coefficient (Wildman–Crippen LogP) is 16.2. The van der Waals surface area contributed by atoms with Gasteiger partial charge >= 0.3 is 13.8 Å². The molecule has 0 saturated carbocycles. The van der Waals surface area contributed by atoms with E-state index in [9.17, 15) is 19.0 Å². The first-order valence-electron chi connectivity index (χ1n) is 27.7. The zero-order chi connectivity index (χ0) is 48.0. The van der Waals surface area contributed by atoms with Crippen molar-refractivity contribution in [2.75, 3.05) is 40.9 Å². The van der Waals surface area contributed by atoms with E-state index >= 15 is 0 Å². The molecule has 384 valence electrons. The molecule has 3 atom stereocenters. The predicted molar refractivity (Wildman–Crippen MR) is 277 cm³/mol. The van der Waals surface area contributed by atoms with Crippen molar-refractivity contribution in [3.8, 4) is 0 Å². The van der Waals surface area contributed by atoms with Crippen molar-refractivity contribution in [2.24, 2.45) is 0 Å². The first kappa shape index (κ1) is 63.5. The number of rotatable bonds is 50. The van der Waals surface area contributed by atoms with Gasteiger partial charge in [0.2, 0.25) is 5.91 Å². The Balaban J connectivity index is 5.37. The summed E-state index contributed by atoms with van der Waals surface area (Å²) in [5.41, 5.74) is 0. The van der Waals surface area contributed by atoms with Gasteiger partial charge in [0.15, 0.2) is 0 Å². The van der Waals surface area contributed by atoms with Gasteiger partial charge in [0.1, 0.15) is 19.3 Å². The average molecular weight is 940 g/mol. The van der Waals surface area contributed by atoms with Gasteiger partial charge in [-0.2, -0.15) is 0 Å². The molecule has 9 nitrogen and oxygen atoms in total. The number of carbonyl (C=O) groups is 2. The van der Waals surface area contributed by atoms with E-state index in [1.807, 2.05) is 33.3 Å². The van der Waals surface area contributed by atoms with Crippen LogP contribution in [0.5, 0.6) is 0 Å². The molecule has 0 aliphatic carbocycles. The third-order valence-electron chi connectivity index (χ3n) is 12.4. The van der Waals surface area contributed by atoms with Crippen LogP contribution in [0.4, 0.5) is 0 Å². The van der Waals surface area contributed by atoms with E-state index in [1.165, 1.54) is 161 Å². The van der Waals surface area contributed by atoms with Crippen molar-refractivity contribution in [1.29, 1.82) is 0 Å². The minimum atomic E-state index is -4.44. The molecule has 10 heteroatoms. The molecule has 3 unspecified atom stereocenters. The number of carbonyl (C=O) groups excluding carboxylic acids is 2. The molecule has 0 aliphatic rings. The van der Waals surface area contributed by atoms with Crippen LogP contribution < -0.4 is 5.32 Å². The summed E-state index contributed by atoms with van der Waals surface area (Å²) in [6.07, 6.45) is 51.6. The van der Waals surface area contributed by atoms with Crippen molar-refractivity contribution in [2.45, 2.75) is 277 Å². The molecule has 65 heavy (non-hydrogen) atoms. The number of likely N-dealkylation sites (N-methyl/N-ethyl adjacent to an activating group) is 1. The molecule has 0 radical (unpaired) electrons. The van der Waals surface area contributed by atoms with Crippen molar-refractivity contribution in [1.82, 2.24) is 5.32 Å². The summed E-state index contributed by atoms with van der Waals surface area (Å²) in [4.78, 5) is 37.4. The van der Waals surface area contributed by atoms with Crippen LogP contribution in [0, 0.1) is 0 Å². The van der Waals surface area contributed by atoms with E-state index in [0.717, 1.165) is 70.6 Å². The normalized spacial score (nSPS) is 14.0. The third-order valence-corrected chi connectivity index (χ3v) is 13.4. The molecule has 2 N–H and O–H groups in total. The van der Waals surface area contributed by atoms with Gasteiger partial charge in [-0.15, -0.1) is 0 Å². The number of amides is 1. The number of ether oxygens (including phenoxy) is 1. The molecule has 0 aliphatic heterocycles. The monoisotopic (exact) mass is 940 g/mol. The van der Waals surface area contributed by atoms with Crippen LogP contribution in [0.2, 0.25) is 0 Å². The Morgan fingerprint density at radius 2 is 0.892 bits per heavy atom. The lowest BCUT2D eigenvalue weighted by molar-refractivity contribution is -0.870. The van der Waals surface area contributed by atoms with Gasteiger partial charge < -0.3 is 19.4 Å². The van der Waals surface area contributed by atoms with Crippen LogP contribution in [-0.2, 0) is 27.9 Å². The number of nitrogens with zero attached hydrogens (tertiary/aromatic N) is 1. The molecule has 0 rings (SSSR count). The van der Waals surface area contributed by atoms with Gasteiger partial charge in [-0.25, -0.2) is 4.57 Å². The van der Waals surface area contributed by atoms with E-state index in [0.29, 0.717) is 17.4 Å². The molecule has 0 saturated heterocycles. The van der Waals surface area contributed by atoms with E-state index in [1.54, 1.807) is 0 Å². The second-order valence-corrected chi connectivity index (χ2v) is 21.6. The Morgan fingerprint density at radius 3 is 1.32 bits per heavy atom. The lowest BCUT2D eigenvalue weighted by Crippen LogP contribution is -2.47. The number of phosphoric acid groups is 1. The lowest BCUT2D eigenvalue weighted by atomic mass is 10.0. The van der Waals surface area contributed by atoms with Crippen LogP contribution >= 0.6 is 7.82 Å². The van der Waals surface area contributed by atoms with Gasteiger partial charge in [-0.05, 0) is 57.4 Å². The summed E-state index contributed by atoms with van der Waals surface area (Å²) < 4.78 is 30.5. The minimum absolute atomic E-state index is 0.0411. The molecule has 0 aromatic carbocycles. The third kappa shape index (κ3) is 47.4. The van der Waals surface area contributed by atoms with Gasteiger partial charge in [0, 0.05) is 12.8 Å². The summed E-state index contributed by atoms with van der Waals surface area (Å²) >= 11 is 0. The topological polar surface area (TPSA) is 111 Å². The fraction of sp³-hybridized carbons (Fsp3) is 0.891. The van der Waals surface area contributed by atoms with Gasteiger partial charge in [0.25, 0.3) is 0 Å². The number of unbranched alkanes of at least 4 members (excludes halogenated alkanes) is 32. The van der Waals surface area contributed by atoms with E-state index < -0.39 is 20.0 Å². The highest BCUT2D eigenvalue weighted by Gasteiger charge is 2.30. The fourth-order valence-corrected chi connectivity index (χ4v) is 8.79. The summed E-state index contributed by atoms with van der Waals surface area (Å²) in [6.45, 7) is 7.00. The molecule has 0 aromatic rings. The molecule has 0 heterocycles. The number of hydrogen-bond donors (Lipinski definition) is 2. The van der Waals surface area contributed by atoms with Crippen LogP contribution in [0.3, 0.4) is 0 Å². The number of esters is 1. The van der Waals surface area contributed by atoms with E-state index in [4.69, 9.17) is 13.8 Å². The first-order chi connectivity index (χ1) is 31.4. The standard InChI is InChI=1S/C55H107N2O7P/c1-7-10-13-16-19-22-25-27-29-32-35-38-41-44-47-54(58)56-52(51-63-65(60,61)62-50-49-57(4,5)6)53(46-43-40-37-34-31-24-21-18-15-12-9-3)64-55(59)48-45-42-39-36-33-30-28-26-23-20-17-14-11-8-2/h30,33,43,46,52-53H,7-29,31-32,34-42,44-45,47-51H2,1-6H3,(H-,56,58,60,61)/p+1/b33-30-,46-43+. The minimum Gasteiger partial charge on any atom is -0.456 e. The Labute approximate surface area is 403 Å². The molecule has 0 bridgehead atoms. The van der Waals surface area contributed by atoms with Crippen LogP contribution in [0.15, 0.2) is 24.3 Å². The highest BCUT2D eigenvalue weighted by atomic mass is 31.2. The Hall–Kier alpha value is -1.51. The maximum Gasteiger partial charge on any atom is 0.472 e. The summed E-state index contributed by atoms with van der Waals surface area (Å²) in [5, 5.41) is 3.04. The number of quaternary nitrogens is 1. The fourth-order valence-electron chi connectivity index (χ4n) is 8.05. The maximum atomic E-state index is 13.4. The second kappa shape index (κ2) is 46.2. The SMILES string of the molecule is CCCCCCCCC/C=C\CCCCCC(=O)OC(/C=C/CCCCCCCCCCC)C(COP(=O)(O)OCC[N+](C)(C)C)NC(=O)CCCCCCCCCCCCCCCC. The Bertz CT molecular complexity index is 1170. The Kier molecular flexibility index (Phi) is 45.2. The maximum absolute atomic E-state index is 13.4. The van der Waals surface area contributed by atoms with Crippen molar-refractivity contribution in [3.05, 3.63) is 24.3 Å². The molecule has 0 aromatic heterocycles. The van der Waals surface area contributed by atoms with Crippen molar-refractivity contribution in [3.63, 3.8) is 0 Å². The molecular formula is C55H108N2O7P+. The smallest absolute Gasteiger partial charge is 0.456 e. The van der Waals surface area contributed by atoms with E-state index in [2.05, 4.69) is 38.2 Å². The zero-order valence-corrected chi connectivity index (χ0v) is 44.6. The first-order valence-corrected chi connectivity index (χ1v) is 29.2. The number of allylic oxidation sites excluding steroid dienone is 3. The van der Waals surface area contributed by atoms with Crippen molar-refractivity contribution >= 4 is 19.7 Å². The molecule has 0 spiro atoms. The van der Waals surface area contributed by atoms with Crippen LogP contribution in [0.1, 0.15) is 265 Å². The lowest BCUT2D eigenvalue weighted by Gasteiger charge is -2.27. The summed E-state index contributed by atoms with van der Waals surface area (Å²) in [5.74, 6) is -0.514.